The van der Waals surface area contributed by atoms with Gasteiger partial charge in [0.25, 0.3) is 5.91 Å². The number of piperidine rings is 1. The van der Waals surface area contributed by atoms with Gasteiger partial charge in [-0.15, -0.1) is 0 Å². The smallest absolute Gasteiger partial charge is 0.312 e. The van der Waals surface area contributed by atoms with Crippen molar-refractivity contribution in [3.63, 3.8) is 0 Å². The summed E-state index contributed by atoms with van der Waals surface area (Å²) >= 11 is 0. The van der Waals surface area contributed by atoms with Crippen molar-refractivity contribution in [3.8, 4) is 0 Å². The minimum absolute atomic E-state index is 0.0607. The van der Waals surface area contributed by atoms with Gasteiger partial charge in [0.1, 0.15) is 11.4 Å². The van der Waals surface area contributed by atoms with Crippen LogP contribution in [0.15, 0.2) is 24.3 Å². The Hall–Kier alpha value is -2.74. The van der Waals surface area contributed by atoms with E-state index in [1.54, 1.807) is 30.7 Å². The Kier molecular flexibility index (Phi) is 6.64. The van der Waals surface area contributed by atoms with Gasteiger partial charge in [-0.25, -0.2) is 0 Å². The number of likely N-dealkylation sites (tertiary alicyclic amines) is 1. The zero-order chi connectivity index (χ0) is 21.0. The molecular weight excluding hydrogens is 370 g/mol. The van der Waals surface area contributed by atoms with Gasteiger partial charge in [0, 0.05) is 12.1 Å². The van der Waals surface area contributed by atoms with Crippen LogP contribution >= 0.6 is 0 Å². The Balaban J connectivity index is 1.52. The molecule has 2 heterocycles. The highest BCUT2D eigenvalue weighted by atomic mass is 16.6. The van der Waals surface area contributed by atoms with Crippen LogP contribution in [0, 0.1) is 29.9 Å². The summed E-state index contributed by atoms with van der Waals surface area (Å²) in [7, 11) is 2.15. The first-order valence-electron chi connectivity index (χ1n) is 10.1. The van der Waals surface area contributed by atoms with Crippen LogP contribution in [-0.2, 0) is 6.54 Å². The van der Waals surface area contributed by atoms with E-state index in [9.17, 15) is 14.9 Å². The molecule has 0 saturated carbocycles. The molecule has 1 aliphatic heterocycles. The van der Waals surface area contributed by atoms with Crippen molar-refractivity contribution in [2.24, 2.45) is 5.92 Å². The van der Waals surface area contributed by atoms with Crippen molar-refractivity contribution in [1.82, 2.24) is 20.0 Å². The lowest BCUT2D eigenvalue weighted by Crippen LogP contribution is -2.32. The molecule has 1 aliphatic rings. The van der Waals surface area contributed by atoms with Gasteiger partial charge in [0.05, 0.1) is 11.5 Å². The second-order valence-electron chi connectivity index (χ2n) is 7.92. The molecule has 0 bridgehead atoms. The van der Waals surface area contributed by atoms with Crippen molar-refractivity contribution in [3.05, 3.63) is 56.9 Å². The largest absolute Gasteiger partial charge is 0.352 e. The molecule has 8 nitrogen and oxygen atoms in total. The minimum atomic E-state index is -0.396. The number of hydrogen-bond donors (Lipinski definition) is 1. The summed E-state index contributed by atoms with van der Waals surface area (Å²) in [5.41, 5.74) is 2.56. The van der Waals surface area contributed by atoms with Crippen LogP contribution in [0.25, 0.3) is 0 Å². The lowest BCUT2D eigenvalue weighted by molar-refractivity contribution is -0.386. The molecule has 0 unspecified atom stereocenters. The van der Waals surface area contributed by atoms with Crippen LogP contribution in [-0.4, -0.2) is 52.2 Å². The molecule has 1 saturated heterocycles. The fraction of sp³-hybridized carbons (Fsp3) is 0.524. The van der Waals surface area contributed by atoms with Crippen molar-refractivity contribution < 1.29 is 9.72 Å². The SMILES string of the molecule is Cc1nn(Cc2ccc(C(=O)NCCC3CCN(C)CC3)cc2)c(C)c1[N+](=O)[O-]. The number of rotatable bonds is 7. The van der Waals surface area contributed by atoms with Crippen molar-refractivity contribution in [2.45, 2.75) is 39.7 Å². The number of aromatic nitrogens is 2. The Morgan fingerprint density at radius 2 is 1.90 bits per heavy atom. The molecule has 0 aliphatic carbocycles. The van der Waals surface area contributed by atoms with Crippen molar-refractivity contribution in [1.29, 1.82) is 0 Å². The average Bonchev–Trinajstić information content (AvgIpc) is 2.97. The summed E-state index contributed by atoms with van der Waals surface area (Å²) in [4.78, 5) is 25.5. The summed E-state index contributed by atoms with van der Waals surface area (Å²) in [6, 6.07) is 7.32. The second-order valence-corrected chi connectivity index (χ2v) is 7.92. The Labute approximate surface area is 171 Å². The molecule has 1 aromatic carbocycles. The quantitative estimate of drug-likeness (QED) is 0.571. The highest BCUT2D eigenvalue weighted by Gasteiger charge is 2.21. The van der Waals surface area contributed by atoms with Gasteiger partial charge in [0.15, 0.2) is 0 Å². The third kappa shape index (κ3) is 5.20. The summed E-state index contributed by atoms with van der Waals surface area (Å²) in [6.45, 7) is 6.74. The summed E-state index contributed by atoms with van der Waals surface area (Å²) in [6.07, 6.45) is 3.42. The molecule has 0 radical (unpaired) electrons. The van der Waals surface area contributed by atoms with E-state index < -0.39 is 4.92 Å². The standard InChI is InChI=1S/C21H29N5O3/c1-15-20(26(28)29)16(2)25(23-15)14-18-4-6-19(7-5-18)21(27)22-11-8-17-9-12-24(3)13-10-17/h4-7,17H,8-14H2,1-3H3,(H,22,27). The number of hydrogen-bond acceptors (Lipinski definition) is 5. The molecule has 1 fully saturated rings. The Bertz CT molecular complexity index is 867. The molecular formula is C21H29N5O3. The van der Waals surface area contributed by atoms with Gasteiger partial charge in [0.2, 0.25) is 0 Å². The highest BCUT2D eigenvalue weighted by Crippen LogP contribution is 2.22. The third-order valence-corrected chi connectivity index (χ3v) is 5.75. The number of nitrogens with zero attached hydrogens (tertiary/aromatic N) is 4. The molecule has 2 aromatic rings. The first-order valence-corrected chi connectivity index (χ1v) is 10.1. The maximum Gasteiger partial charge on any atom is 0.312 e. The number of carbonyl (C=O) groups excluding carboxylic acids is 1. The van der Waals surface area contributed by atoms with Crippen LogP contribution in [0.2, 0.25) is 0 Å². The van der Waals surface area contributed by atoms with Gasteiger partial charge in [-0.2, -0.15) is 5.10 Å². The van der Waals surface area contributed by atoms with Crippen LogP contribution < -0.4 is 5.32 Å². The van der Waals surface area contributed by atoms with Gasteiger partial charge in [-0.3, -0.25) is 19.6 Å². The lowest BCUT2D eigenvalue weighted by Gasteiger charge is -2.28. The van der Waals surface area contributed by atoms with Gasteiger partial charge >= 0.3 is 5.69 Å². The second kappa shape index (κ2) is 9.17. The first-order chi connectivity index (χ1) is 13.8. The normalized spacial score (nSPS) is 15.4. The van der Waals surface area contributed by atoms with Crippen LogP contribution in [0.1, 0.15) is 46.6 Å². The van der Waals surface area contributed by atoms with Crippen LogP contribution in [0.4, 0.5) is 5.69 Å². The van der Waals surface area contributed by atoms with E-state index >= 15 is 0 Å². The number of aryl methyl sites for hydroxylation is 1. The highest BCUT2D eigenvalue weighted by molar-refractivity contribution is 5.94. The monoisotopic (exact) mass is 399 g/mol. The lowest BCUT2D eigenvalue weighted by atomic mass is 9.94. The van der Waals surface area contributed by atoms with Gasteiger partial charge in [-0.05, 0) is 76.9 Å². The zero-order valence-corrected chi connectivity index (χ0v) is 17.4. The molecule has 8 heteroatoms. The number of carbonyl (C=O) groups is 1. The fourth-order valence-electron chi connectivity index (χ4n) is 3.88. The molecule has 1 aromatic heterocycles. The van der Waals surface area contributed by atoms with Gasteiger partial charge < -0.3 is 10.2 Å². The zero-order valence-electron chi connectivity index (χ0n) is 17.4. The van der Waals surface area contributed by atoms with E-state index in [0.29, 0.717) is 36.0 Å². The van der Waals surface area contributed by atoms with Crippen LogP contribution in [0.3, 0.4) is 0 Å². The number of benzene rings is 1. The summed E-state index contributed by atoms with van der Waals surface area (Å²) in [5, 5.41) is 18.4. The number of amides is 1. The molecule has 0 atom stereocenters. The molecule has 1 amide bonds. The van der Waals surface area contributed by atoms with E-state index in [1.807, 2.05) is 12.1 Å². The summed E-state index contributed by atoms with van der Waals surface area (Å²) < 4.78 is 1.63. The van der Waals surface area contributed by atoms with Crippen molar-refractivity contribution in [2.75, 3.05) is 26.7 Å². The van der Waals surface area contributed by atoms with E-state index in [1.165, 1.54) is 12.8 Å². The first kappa shape index (κ1) is 21.0. The van der Waals surface area contributed by atoms with Gasteiger partial charge in [-0.1, -0.05) is 12.1 Å². The average molecular weight is 399 g/mol. The molecule has 3 rings (SSSR count). The summed E-state index contributed by atoms with van der Waals surface area (Å²) in [5.74, 6) is 0.630. The van der Waals surface area contributed by atoms with E-state index in [-0.39, 0.29) is 11.6 Å². The Morgan fingerprint density at radius 1 is 1.24 bits per heavy atom. The van der Waals surface area contributed by atoms with Crippen molar-refractivity contribution >= 4 is 11.6 Å². The maximum absolute atomic E-state index is 12.4. The van der Waals surface area contributed by atoms with E-state index in [0.717, 1.165) is 25.1 Å². The van der Waals surface area contributed by atoms with E-state index in [2.05, 4.69) is 22.4 Å². The van der Waals surface area contributed by atoms with Crippen LogP contribution in [0.5, 0.6) is 0 Å². The minimum Gasteiger partial charge on any atom is -0.352 e. The predicted molar refractivity (Wildman–Crippen MR) is 111 cm³/mol. The third-order valence-electron chi connectivity index (χ3n) is 5.75. The fourth-order valence-corrected chi connectivity index (χ4v) is 3.88. The maximum atomic E-state index is 12.4. The van der Waals surface area contributed by atoms with E-state index in [4.69, 9.17) is 0 Å². The topological polar surface area (TPSA) is 93.3 Å². The molecule has 0 spiro atoms. The molecule has 156 valence electrons. The Morgan fingerprint density at radius 3 is 2.48 bits per heavy atom. The number of nitro groups is 1. The molecule has 29 heavy (non-hydrogen) atoms. The molecule has 1 N–H and O–H groups in total. The number of nitrogens with one attached hydrogen (secondary N) is 1. The predicted octanol–water partition coefficient (Wildman–Crippen LogP) is 2.92.